The van der Waals surface area contributed by atoms with E-state index in [4.69, 9.17) is 19.9 Å². The van der Waals surface area contributed by atoms with Gasteiger partial charge in [-0.25, -0.2) is 0 Å². The zero-order chi connectivity index (χ0) is 71.2. The van der Waals surface area contributed by atoms with Gasteiger partial charge in [0.15, 0.2) is 0 Å². The highest BCUT2D eigenvalue weighted by molar-refractivity contribution is 5.82. The van der Waals surface area contributed by atoms with E-state index in [9.17, 15) is 0 Å². The van der Waals surface area contributed by atoms with Gasteiger partial charge >= 0.3 is 0 Å². The van der Waals surface area contributed by atoms with Crippen LogP contribution >= 0.6 is 0 Å². The van der Waals surface area contributed by atoms with E-state index in [1.165, 1.54) is 234 Å². The maximum Gasteiger partial charge on any atom is 0.0748 e. The third-order valence-corrected chi connectivity index (χ3v) is 23.6. The lowest BCUT2D eigenvalue weighted by Gasteiger charge is -2.10. The van der Waals surface area contributed by atoms with Crippen molar-refractivity contribution in [2.75, 3.05) is 0 Å². The molecular formula is C94H98N6. The molecule has 0 radical (unpaired) electrons. The van der Waals surface area contributed by atoms with Gasteiger partial charge in [-0.15, -0.1) is 0 Å². The van der Waals surface area contributed by atoms with Crippen LogP contribution in [-0.2, 0) is 38.5 Å². The first-order chi connectivity index (χ1) is 47.7. The van der Waals surface area contributed by atoms with E-state index < -0.39 is 0 Å². The average Bonchev–Trinajstić information content (AvgIpc) is 1.64. The number of hydrogen-bond acceptors (Lipinski definition) is 6. The molecule has 0 unspecified atom stereocenters. The number of hydrogen-bond donors (Lipinski definition) is 0. The second kappa shape index (κ2) is 27.0. The van der Waals surface area contributed by atoms with Crippen LogP contribution in [0.15, 0.2) is 122 Å². The van der Waals surface area contributed by atoms with Crippen molar-refractivity contribution in [1.82, 2.24) is 29.9 Å². The lowest BCUT2D eigenvalue weighted by Crippen LogP contribution is -1.98. The molecule has 6 aliphatic rings. The van der Waals surface area contributed by atoms with E-state index in [1.807, 2.05) is 12.4 Å². The van der Waals surface area contributed by atoms with Crippen molar-refractivity contribution in [2.24, 2.45) is 0 Å². The van der Waals surface area contributed by atoms with Gasteiger partial charge in [0.2, 0.25) is 0 Å². The molecular weight excluding hydrogens is 1210 g/mol. The molecule has 0 saturated heterocycles. The zero-order valence-electron chi connectivity index (χ0n) is 63.5. The normalized spacial score (nSPS) is 12.5. The van der Waals surface area contributed by atoms with Gasteiger partial charge in [-0.05, 0) is 309 Å². The Bertz CT molecular complexity index is 5370. The Labute approximate surface area is 596 Å². The first-order valence-electron chi connectivity index (χ1n) is 36.0. The summed E-state index contributed by atoms with van der Waals surface area (Å²) < 4.78 is 0. The van der Waals surface area contributed by atoms with Crippen molar-refractivity contribution in [3.63, 3.8) is 0 Å². The van der Waals surface area contributed by atoms with Gasteiger partial charge in [0.25, 0.3) is 0 Å². The van der Waals surface area contributed by atoms with E-state index in [1.54, 1.807) is 0 Å². The number of nitrogens with zero attached hydrogens (tertiary/aromatic N) is 6. The van der Waals surface area contributed by atoms with Gasteiger partial charge < -0.3 is 0 Å². The first-order valence-corrected chi connectivity index (χ1v) is 36.0. The first kappa shape index (κ1) is 68.7. The van der Waals surface area contributed by atoms with Crippen LogP contribution in [-0.4, -0.2) is 29.9 Å². The van der Waals surface area contributed by atoms with Crippen LogP contribution in [0.25, 0.3) is 67.5 Å². The number of fused-ring (bicyclic) bond motifs is 18. The summed E-state index contributed by atoms with van der Waals surface area (Å²) in [6, 6.07) is 39.7. The maximum atomic E-state index is 4.82. The SMILES string of the molecule is Cc1ccc2c(c1)-c1nc(C)c(C)c(C)c1C2.Cc1ccc2c(c1)Cc1c-2nc(C)c(C)c1C.Cc1ccc2c(c1)Cc1c-2ncc(C)c1C.Cc1cccc2c1-c1nc(C)c(C)c(C)c1C2.Cc1cccc2c1Cc1c-2nc(C)c(C)c1C.Cc1cnc2c(c1C)Cc1c(C)cccc1-2. The van der Waals surface area contributed by atoms with Crippen molar-refractivity contribution in [3.8, 4) is 67.5 Å². The van der Waals surface area contributed by atoms with Gasteiger partial charge in [-0.3, -0.25) is 29.9 Å². The second-order valence-electron chi connectivity index (χ2n) is 29.7. The highest BCUT2D eigenvalue weighted by Gasteiger charge is 2.29. The van der Waals surface area contributed by atoms with Crippen molar-refractivity contribution >= 4 is 0 Å². The summed E-state index contributed by atoms with van der Waals surface area (Å²) in [6.07, 6.45) is 10.3. The van der Waals surface area contributed by atoms with E-state index in [0.717, 1.165) is 61.3 Å². The van der Waals surface area contributed by atoms with Crippen LogP contribution in [0.5, 0.6) is 0 Å². The summed E-state index contributed by atoms with van der Waals surface area (Å²) in [4.78, 5) is 28.4. The zero-order valence-corrected chi connectivity index (χ0v) is 63.5. The molecule has 6 aliphatic carbocycles. The molecule has 0 spiro atoms. The van der Waals surface area contributed by atoms with Gasteiger partial charge in [0.05, 0.1) is 34.2 Å². The second-order valence-corrected chi connectivity index (χ2v) is 29.7. The number of aryl methyl sites for hydroxylation is 12. The Kier molecular flexibility index (Phi) is 18.6. The number of pyridine rings is 6. The Morgan fingerprint density at radius 3 is 1.06 bits per heavy atom. The molecule has 0 atom stereocenters. The Morgan fingerprint density at radius 1 is 0.220 bits per heavy atom. The molecule has 0 fully saturated rings. The van der Waals surface area contributed by atoms with Gasteiger partial charge in [-0.1, -0.05) is 120 Å². The molecule has 6 nitrogen and oxygen atoms in total. The van der Waals surface area contributed by atoms with Gasteiger partial charge in [-0.2, -0.15) is 0 Å². The third kappa shape index (κ3) is 12.3. The topological polar surface area (TPSA) is 77.3 Å². The lowest BCUT2D eigenvalue weighted by molar-refractivity contribution is 1.08. The van der Waals surface area contributed by atoms with E-state index in [-0.39, 0.29) is 0 Å². The summed E-state index contributed by atoms with van der Waals surface area (Å²) in [5, 5.41) is 0. The summed E-state index contributed by atoms with van der Waals surface area (Å²) in [5.74, 6) is 0. The molecule has 6 aromatic heterocycles. The van der Waals surface area contributed by atoms with Crippen LogP contribution in [0.3, 0.4) is 0 Å². The average molecular weight is 1310 g/mol. The monoisotopic (exact) mass is 1310 g/mol. The van der Waals surface area contributed by atoms with Crippen LogP contribution in [0.1, 0.15) is 190 Å². The minimum Gasteiger partial charge on any atom is -0.256 e. The van der Waals surface area contributed by atoms with Crippen LogP contribution in [0.4, 0.5) is 0 Å². The third-order valence-electron chi connectivity index (χ3n) is 23.6. The quantitative estimate of drug-likeness (QED) is 0.151. The smallest absolute Gasteiger partial charge is 0.0748 e. The number of aromatic nitrogens is 6. The highest BCUT2D eigenvalue weighted by atomic mass is 14.8. The molecule has 6 aromatic carbocycles. The summed E-state index contributed by atoms with van der Waals surface area (Å²) in [7, 11) is 0. The van der Waals surface area contributed by atoms with Crippen molar-refractivity contribution in [2.45, 2.75) is 191 Å². The van der Waals surface area contributed by atoms with Crippen molar-refractivity contribution in [1.29, 1.82) is 0 Å². The number of benzene rings is 6. The Morgan fingerprint density at radius 2 is 0.560 bits per heavy atom. The molecule has 0 saturated carbocycles. The Hall–Kier alpha value is -9.78. The van der Waals surface area contributed by atoms with Crippen molar-refractivity contribution in [3.05, 3.63) is 311 Å². The molecule has 18 rings (SSSR count). The molecule has 0 N–H and O–H groups in total. The molecule has 504 valence electrons. The molecule has 6 heterocycles. The Balaban J connectivity index is 0.000000108. The fourth-order valence-electron chi connectivity index (χ4n) is 16.0. The molecule has 0 amide bonds. The minimum absolute atomic E-state index is 1.05. The van der Waals surface area contributed by atoms with E-state index in [0.29, 0.717) is 0 Å². The fourth-order valence-corrected chi connectivity index (χ4v) is 16.0. The highest BCUT2D eigenvalue weighted by Crippen LogP contribution is 2.45. The molecule has 0 bridgehead atoms. The standard InChI is InChI=1S/4C16H17N.2C15H15N/c1-9-5-6-14-13(7-9)8-15-11(3)10(2)12(4)17-16(14)15;1-9-5-6-13-8-14-11(3)10(2)12(4)17-16(14)15(13)7-9;1-9-6-5-7-13-14(9)8-15-11(3)10(2)12(4)17-16(13)15;1-9-6-5-7-13-8-14-11(3)10(2)12(4)17-16(14)15(9)13;1-9-4-5-13-12(6-9)7-14-11(3)10(2)8-16-15(13)14;1-9-5-4-6-12-13(9)7-14-11(3)10(2)8-16-15(12)14/h4*5-7H,8H2,1-4H3;2*4-6,8H,7H2,1-3H3. The van der Waals surface area contributed by atoms with Gasteiger partial charge in [0.1, 0.15) is 0 Å². The largest absolute Gasteiger partial charge is 0.256 e. The summed E-state index contributed by atoms with van der Waals surface area (Å²) in [5.41, 5.74) is 61.6. The van der Waals surface area contributed by atoms with Crippen LogP contribution in [0, 0.1) is 152 Å². The van der Waals surface area contributed by atoms with Gasteiger partial charge in [0, 0.05) is 107 Å². The van der Waals surface area contributed by atoms with Crippen molar-refractivity contribution < 1.29 is 0 Å². The number of rotatable bonds is 0. The van der Waals surface area contributed by atoms with E-state index >= 15 is 0 Å². The predicted molar refractivity (Wildman–Crippen MR) is 419 cm³/mol. The molecule has 0 aliphatic heterocycles. The molecule has 6 heteroatoms. The van der Waals surface area contributed by atoms with Crippen LogP contribution in [0.2, 0.25) is 0 Å². The maximum absolute atomic E-state index is 4.82. The summed E-state index contributed by atoms with van der Waals surface area (Å²) >= 11 is 0. The lowest BCUT2D eigenvalue weighted by atomic mass is 10.0. The fraction of sp³-hybridized carbons (Fsp3) is 0.298. The molecule has 100 heavy (non-hydrogen) atoms. The van der Waals surface area contributed by atoms with E-state index in [2.05, 4.69) is 271 Å². The summed E-state index contributed by atoms with van der Waals surface area (Å²) in [6.45, 7) is 47.7. The molecule has 12 aromatic rings. The van der Waals surface area contributed by atoms with Crippen LogP contribution < -0.4 is 0 Å². The minimum atomic E-state index is 1.05. The predicted octanol–water partition coefficient (Wildman–Crippen LogP) is 22.7.